The van der Waals surface area contributed by atoms with Crippen LogP contribution < -0.4 is 5.32 Å². The fraction of sp³-hybridized carbons (Fsp3) is 0.462. The molecule has 0 saturated carbocycles. The maximum atomic E-state index is 12.7. The summed E-state index contributed by atoms with van der Waals surface area (Å²) >= 11 is 0. The number of hydrogen-bond donors (Lipinski definition) is 1. The molecule has 1 heterocycles. The van der Waals surface area contributed by atoms with E-state index in [4.69, 9.17) is 0 Å². The van der Waals surface area contributed by atoms with Crippen LogP contribution in [0.25, 0.3) is 0 Å². The average Bonchev–Trinajstić information content (AvgIpc) is 2.81. The first-order valence-corrected chi connectivity index (χ1v) is 5.88. The third-order valence-corrected chi connectivity index (χ3v) is 3.22. The van der Waals surface area contributed by atoms with Crippen LogP contribution >= 0.6 is 0 Å². The van der Waals surface area contributed by atoms with E-state index in [2.05, 4.69) is 5.32 Å². The first-order valence-electron chi connectivity index (χ1n) is 5.88. The monoisotopic (exact) mass is 236 g/mol. The Kier molecular flexibility index (Phi) is 3.74. The van der Waals surface area contributed by atoms with Crippen LogP contribution in [0.2, 0.25) is 0 Å². The molecule has 4 heteroatoms. The predicted molar refractivity (Wildman–Crippen MR) is 64.1 cm³/mol. The summed E-state index contributed by atoms with van der Waals surface area (Å²) in [6.07, 6.45) is 1.36. The number of benzene rings is 1. The number of rotatable bonds is 3. The number of nitrogens with zero attached hydrogens (tertiary/aromatic N) is 1. The molecule has 1 saturated heterocycles. The van der Waals surface area contributed by atoms with Gasteiger partial charge in [-0.05, 0) is 31.2 Å². The van der Waals surface area contributed by atoms with Crippen molar-refractivity contribution in [2.45, 2.75) is 18.9 Å². The maximum Gasteiger partial charge on any atom is 0.227 e. The summed E-state index contributed by atoms with van der Waals surface area (Å²) in [5, 5.41) is 3.18. The highest BCUT2D eigenvalue weighted by Gasteiger charge is 2.24. The Morgan fingerprint density at radius 1 is 1.47 bits per heavy atom. The molecule has 1 amide bonds. The van der Waals surface area contributed by atoms with Crippen LogP contribution in [-0.4, -0.2) is 37.0 Å². The minimum Gasteiger partial charge on any atom is -0.341 e. The number of hydrogen-bond acceptors (Lipinski definition) is 2. The van der Waals surface area contributed by atoms with Gasteiger partial charge in [0.2, 0.25) is 5.91 Å². The molecule has 1 N–H and O–H groups in total. The molecule has 0 aliphatic carbocycles. The lowest BCUT2D eigenvalue weighted by Gasteiger charge is -2.16. The molecule has 0 aromatic heterocycles. The Balaban J connectivity index is 1.91. The molecule has 1 aliphatic rings. The second-order valence-electron chi connectivity index (χ2n) is 4.42. The summed E-state index contributed by atoms with van der Waals surface area (Å²) in [7, 11) is 1.92. The summed E-state index contributed by atoms with van der Waals surface area (Å²) in [5.41, 5.74) is 0.865. The third-order valence-electron chi connectivity index (χ3n) is 3.22. The van der Waals surface area contributed by atoms with E-state index in [-0.39, 0.29) is 11.7 Å². The van der Waals surface area contributed by atoms with Gasteiger partial charge >= 0.3 is 0 Å². The molecule has 0 spiro atoms. The van der Waals surface area contributed by atoms with Gasteiger partial charge in [0.25, 0.3) is 0 Å². The normalized spacial score (nSPS) is 19.6. The topological polar surface area (TPSA) is 32.3 Å². The van der Waals surface area contributed by atoms with Gasteiger partial charge in [0.1, 0.15) is 5.82 Å². The van der Waals surface area contributed by atoms with Crippen LogP contribution in [0.5, 0.6) is 0 Å². The average molecular weight is 236 g/mol. The molecule has 1 fully saturated rings. The van der Waals surface area contributed by atoms with Gasteiger partial charge < -0.3 is 10.2 Å². The van der Waals surface area contributed by atoms with Crippen LogP contribution in [0.1, 0.15) is 12.0 Å². The van der Waals surface area contributed by atoms with E-state index in [1.807, 2.05) is 11.9 Å². The fourth-order valence-corrected chi connectivity index (χ4v) is 2.11. The Morgan fingerprint density at radius 2 is 2.18 bits per heavy atom. The van der Waals surface area contributed by atoms with Gasteiger partial charge in [0, 0.05) is 19.1 Å². The number of likely N-dealkylation sites (N-methyl/N-ethyl adjacent to an activating group) is 1. The first-order chi connectivity index (χ1) is 8.19. The standard InChI is InChI=1S/C13H17FN2O/c1-15-12-6-7-16(9-12)13(17)8-10-2-4-11(14)5-3-10/h2-5,12,15H,6-9H2,1H3. The van der Waals surface area contributed by atoms with Crippen LogP contribution in [0.15, 0.2) is 24.3 Å². The van der Waals surface area contributed by atoms with Crippen LogP contribution in [0.3, 0.4) is 0 Å². The Labute approximate surface area is 101 Å². The van der Waals surface area contributed by atoms with Crippen molar-refractivity contribution >= 4 is 5.91 Å². The molecule has 1 aromatic rings. The van der Waals surface area contributed by atoms with Crippen molar-refractivity contribution in [3.63, 3.8) is 0 Å². The highest BCUT2D eigenvalue weighted by atomic mass is 19.1. The third kappa shape index (κ3) is 3.03. The number of carbonyl (C=O) groups excluding carboxylic acids is 1. The zero-order valence-electron chi connectivity index (χ0n) is 9.95. The number of amides is 1. The lowest BCUT2D eigenvalue weighted by Crippen LogP contribution is -2.34. The molecular weight excluding hydrogens is 219 g/mol. The van der Waals surface area contributed by atoms with Crippen molar-refractivity contribution in [1.29, 1.82) is 0 Å². The van der Waals surface area contributed by atoms with Gasteiger partial charge in [-0.1, -0.05) is 12.1 Å². The summed E-state index contributed by atoms with van der Waals surface area (Å²) in [6, 6.07) is 6.52. The van der Waals surface area contributed by atoms with Crippen molar-refractivity contribution in [1.82, 2.24) is 10.2 Å². The van der Waals surface area contributed by atoms with E-state index in [1.165, 1.54) is 12.1 Å². The predicted octanol–water partition coefficient (Wildman–Crippen LogP) is 1.19. The van der Waals surface area contributed by atoms with Gasteiger partial charge in [-0.2, -0.15) is 0 Å². The summed E-state index contributed by atoms with van der Waals surface area (Å²) in [5.74, 6) is -0.146. The highest BCUT2D eigenvalue weighted by Crippen LogP contribution is 2.12. The van der Waals surface area contributed by atoms with Crippen molar-refractivity contribution in [3.05, 3.63) is 35.6 Å². The van der Waals surface area contributed by atoms with E-state index >= 15 is 0 Å². The lowest BCUT2D eigenvalue weighted by atomic mass is 10.1. The molecule has 1 aliphatic heterocycles. The van der Waals surface area contributed by atoms with Crippen LogP contribution in [-0.2, 0) is 11.2 Å². The largest absolute Gasteiger partial charge is 0.341 e. The molecule has 2 rings (SSSR count). The molecular formula is C13H17FN2O. The number of halogens is 1. The van der Waals surface area contributed by atoms with Gasteiger partial charge in [0.05, 0.1) is 6.42 Å². The molecule has 1 atom stereocenters. The SMILES string of the molecule is CNC1CCN(C(=O)Cc2ccc(F)cc2)C1. The van der Waals surface area contributed by atoms with Crippen molar-refractivity contribution in [2.24, 2.45) is 0 Å². The molecule has 1 aromatic carbocycles. The molecule has 0 bridgehead atoms. The maximum absolute atomic E-state index is 12.7. The molecule has 1 unspecified atom stereocenters. The molecule has 3 nitrogen and oxygen atoms in total. The molecule has 17 heavy (non-hydrogen) atoms. The quantitative estimate of drug-likeness (QED) is 0.855. The summed E-state index contributed by atoms with van der Waals surface area (Å²) in [6.45, 7) is 1.59. The number of likely N-dealkylation sites (tertiary alicyclic amines) is 1. The number of nitrogens with one attached hydrogen (secondary N) is 1. The zero-order valence-corrected chi connectivity index (χ0v) is 9.95. The van der Waals surface area contributed by atoms with E-state index in [1.54, 1.807) is 12.1 Å². The van der Waals surface area contributed by atoms with Gasteiger partial charge in [-0.3, -0.25) is 4.79 Å². The second kappa shape index (κ2) is 5.27. The first kappa shape index (κ1) is 12.0. The Hall–Kier alpha value is -1.42. The van der Waals surface area contributed by atoms with Crippen molar-refractivity contribution < 1.29 is 9.18 Å². The van der Waals surface area contributed by atoms with Gasteiger partial charge in [-0.15, -0.1) is 0 Å². The van der Waals surface area contributed by atoms with Crippen LogP contribution in [0, 0.1) is 5.82 Å². The highest BCUT2D eigenvalue weighted by molar-refractivity contribution is 5.79. The van der Waals surface area contributed by atoms with E-state index < -0.39 is 0 Å². The molecule has 0 radical (unpaired) electrons. The van der Waals surface area contributed by atoms with E-state index in [0.29, 0.717) is 12.5 Å². The van der Waals surface area contributed by atoms with Crippen molar-refractivity contribution in [3.8, 4) is 0 Å². The summed E-state index contributed by atoms with van der Waals surface area (Å²) in [4.78, 5) is 13.8. The van der Waals surface area contributed by atoms with E-state index in [9.17, 15) is 9.18 Å². The van der Waals surface area contributed by atoms with Crippen LogP contribution in [0.4, 0.5) is 4.39 Å². The molecule has 92 valence electrons. The smallest absolute Gasteiger partial charge is 0.227 e. The lowest BCUT2D eigenvalue weighted by molar-refractivity contribution is -0.129. The van der Waals surface area contributed by atoms with Gasteiger partial charge in [0.15, 0.2) is 0 Å². The second-order valence-corrected chi connectivity index (χ2v) is 4.42. The fourth-order valence-electron chi connectivity index (χ4n) is 2.11. The summed E-state index contributed by atoms with van der Waals surface area (Å²) < 4.78 is 12.7. The minimum atomic E-state index is -0.266. The number of carbonyl (C=O) groups is 1. The Bertz CT molecular complexity index is 391. The van der Waals surface area contributed by atoms with Gasteiger partial charge in [-0.25, -0.2) is 4.39 Å². The minimum absolute atomic E-state index is 0.120. The van der Waals surface area contributed by atoms with E-state index in [0.717, 1.165) is 25.1 Å². The zero-order chi connectivity index (χ0) is 12.3. The van der Waals surface area contributed by atoms with Crippen molar-refractivity contribution in [2.75, 3.05) is 20.1 Å². The Morgan fingerprint density at radius 3 is 2.76 bits per heavy atom.